The van der Waals surface area contributed by atoms with E-state index in [9.17, 15) is 9.59 Å². The van der Waals surface area contributed by atoms with Crippen LogP contribution in [0.5, 0.6) is 11.5 Å². The van der Waals surface area contributed by atoms with Gasteiger partial charge in [-0.1, -0.05) is 31.0 Å². The van der Waals surface area contributed by atoms with E-state index in [2.05, 4.69) is 17.2 Å². The molecule has 4 rings (SSSR count). The number of hydrogen-bond acceptors (Lipinski definition) is 5. The summed E-state index contributed by atoms with van der Waals surface area (Å²) < 4.78 is 7.78. The highest BCUT2D eigenvalue weighted by atomic mass is 16.5. The van der Waals surface area contributed by atoms with Crippen LogP contribution in [0.25, 0.3) is 11.3 Å². The summed E-state index contributed by atoms with van der Waals surface area (Å²) in [5, 5.41) is 8.16. The number of nitrogens with two attached hydrogens (primary N) is 1. The Morgan fingerprint density at radius 1 is 1.14 bits per heavy atom. The third-order valence-electron chi connectivity index (χ3n) is 6.39. The lowest BCUT2D eigenvalue weighted by molar-refractivity contribution is -0.125. The molecule has 3 N–H and O–H groups in total. The van der Waals surface area contributed by atoms with Crippen molar-refractivity contribution >= 4 is 17.6 Å². The maximum absolute atomic E-state index is 12.5. The second-order valence-electron chi connectivity index (χ2n) is 8.87. The minimum Gasteiger partial charge on any atom is -0.457 e. The van der Waals surface area contributed by atoms with Crippen LogP contribution in [0.3, 0.4) is 0 Å². The average molecular weight is 500 g/mol. The third kappa shape index (κ3) is 6.12. The molecule has 1 unspecified atom stereocenters. The summed E-state index contributed by atoms with van der Waals surface area (Å²) >= 11 is 0. The largest absolute Gasteiger partial charge is 0.457 e. The predicted octanol–water partition coefficient (Wildman–Crippen LogP) is 4.84. The molecule has 2 heterocycles. The zero-order valence-electron chi connectivity index (χ0n) is 21.4. The average Bonchev–Trinajstić information content (AvgIpc) is 3.31. The molecule has 0 bridgehead atoms. The number of nitrogens with one attached hydrogen (secondary N) is 1. The number of fused-ring (bicyclic) bond motifs is 1. The Balaban J connectivity index is 1.51. The number of anilines is 1. The summed E-state index contributed by atoms with van der Waals surface area (Å²) in [4.78, 5) is 26.5. The van der Waals surface area contributed by atoms with Crippen molar-refractivity contribution in [3.63, 3.8) is 0 Å². The molecule has 8 heteroatoms. The first kappa shape index (κ1) is 25.8. The number of carbonyl (C=O) groups is 2. The van der Waals surface area contributed by atoms with Crippen LogP contribution in [0.15, 0.2) is 54.6 Å². The fourth-order valence-electron chi connectivity index (χ4n) is 4.52. The lowest BCUT2D eigenvalue weighted by Gasteiger charge is -2.27. The number of benzene rings is 2. The van der Waals surface area contributed by atoms with Crippen molar-refractivity contribution in [1.82, 2.24) is 14.7 Å². The van der Waals surface area contributed by atoms with Crippen molar-refractivity contribution in [3.05, 3.63) is 60.2 Å². The first-order valence-electron chi connectivity index (χ1n) is 12.8. The Labute approximate surface area is 217 Å². The summed E-state index contributed by atoms with van der Waals surface area (Å²) in [5.74, 6) is 6.98. The van der Waals surface area contributed by atoms with Gasteiger partial charge in [0.05, 0.1) is 6.04 Å². The monoisotopic (exact) mass is 499 g/mol. The van der Waals surface area contributed by atoms with E-state index in [4.69, 9.17) is 15.6 Å². The van der Waals surface area contributed by atoms with E-state index >= 15 is 0 Å². The summed E-state index contributed by atoms with van der Waals surface area (Å²) in [6.45, 7) is 5.86. The molecule has 37 heavy (non-hydrogen) atoms. The molecule has 0 saturated carbocycles. The maximum Gasteiger partial charge on any atom is 0.298 e. The minimum absolute atomic E-state index is 0.0966. The number of hydrogen-bond donors (Lipinski definition) is 2. The van der Waals surface area contributed by atoms with Crippen molar-refractivity contribution in [1.29, 1.82) is 0 Å². The van der Waals surface area contributed by atoms with E-state index in [0.29, 0.717) is 42.3 Å². The van der Waals surface area contributed by atoms with E-state index < -0.39 is 5.91 Å². The molecule has 2 aromatic carbocycles. The Kier molecular flexibility index (Phi) is 8.47. The van der Waals surface area contributed by atoms with Crippen molar-refractivity contribution in [3.8, 4) is 34.6 Å². The summed E-state index contributed by atoms with van der Waals surface area (Å²) in [6, 6.07) is 17.1. The van der Waals surface area contributed by atoms with Gasteiger partial charge in [-0.2, -0.15) is 5.10 Å². The van der Waals surface area contributed by atoms with Gasteiger partial charge in [-0.3, -0.25) is 9.59 Å². The van der Waals surface area contributed by atoms with Crippen LogP contribution in [0, 0.1) is 11.8 Å². The first-order valence-corrected chi connectivity index (χ1v) is 12.8. The smallest absolute Gasteiger partial charge is 0.298 e. The number of primary amides is 1. The van der Waals surface area contributed by atoms with Gasteiger partial charge in [-0.05, 0) is 68.5 Å². The number of carbonyl (C=O) groups excluding carboxylic acids is 2. The molecule has 0 fully saturated rings. The molecule has 1 aliphatic rings. The van der Waals surface area contributed by atoms with Crippen LogP contribution in [-0.2, 0) is 4.79 Å². The first-order chi connectivity index (χ1) is 18.0. The quantitative estimate of drug-likeness (QED) is 0.410. The van der Waals surface area contributed by atoms with Crippen LogP contribution in [0.2, 0.25) is 0 Å². The van der Waals surface area contributed by atoms with Gasteiger partial charge in [-0.25, -0.2) is 4.68 Å². The molecular formula is C29H33N5O3. The van der Waals surface area contributed by atoms with E-state index in [1.54, 1.807) is 4.90 Å². The Bertz CT molecular complexity index is 1290. The summed E-state index contributed by atoms with van der Waals surface area (Å²) in [7, 11) is 0. The van der Waals surface area contributed by atoms with Gasteiger partial charge >= 0.3 is 0 Å². The number of para-hydroxylation sites is 1. The van der Waals surface area contributed by atoms with Gasteiger partial charge in [-0.15, -0.1) is 0 Å². The zero-order chi connectivity index (χ0) is 26.2. The molecule has 1 aliphatic heterocycles. The van der Waals surface area contributed by atoms with E-state index in [1.807, 2.05) is 73.1 Å². The molecule has 2 amide bonds. The van der Waals surface area contributed by atoms with Crippen LogP contribution in [0.1, 0.15) is 55.9 Å². The maximum atomic E-state index is 12.5. The highest BCUT2D eigenvalue weighted by Gasteiger charge is 2.29. The molecule has 3 aromatic rings. The van der Waals surface area contributed by atoms with Gasteiger partial charge in [0.15, 0.2) is 0 Å². The molecule has 1 aromatic heterocycles. The second-order valence-corrected chi connectivity index (χ2v) is 8.87. The molecule has 0 saturated heterocycles. The van der Waals surface area contributed by atoms with E-state index in [0.717, 1.165) is 37.1 Å². The number of nitrogens with zero attached hydrogens (tertiary/aromatic N) is 3. The van der Waals surface area contributed by atoms with E-state index in [1.165, 1.54) is 0 Å². The zero-order valence-corrected chi connectivity index (χ0v) is 21.4. The normalized spacial score (nSPS) is 14.1. The van der Waals surface area contributed by atoms with Gasteiger partial charge in [0.1, 0.15) is 28.6 Å². The predicted molar refractivity (Wildman–Crippen MR) is 144 cm³/mol. The van der Waals surface area contributed by atoms with Gasteiger partial charge < -0.3 is 20.7 Å². The molecular weight excluding hydrogens is 466 g/mol. The Morgan fingerprint density at radius 2 is 1.86 bits per heavy atom. The fourth-order valence-corrected chi connectivity index (χ4v) is 4.52. The van der Waals surface area contributed by atoms with Crippen molar-refractivity contribution in [2.24, 2.45) is 5.73 Å². The van der Waals surface area contributed by atoms with Gasteiger partial charge in [0, 0.05) is 31.6 Å². The van der Waals surface area contributed by atoms with Crippen LogP contribution in [-0.4, -0.2) is 46.1 Å². The van der Waals surface area contributed by atoms with Crippen molar-refractivity contribution in [2.75, 3.05) is 25.0 Å². The number of amides is 2. The Morgan fingerprint density at radius 3 is 2.54 bits per heavy atom. The van der Waals surface area contributed by atoms with Crippen LogP contribution < -0.4 is 15.8 Å². The molecule has 0 spiro atoms. The highest BCUT2D eigenvalue weighted by molar-refractivity contribution is 6.03. The molecule has 0 aliphatic carbocycles. The SMILES string of the molecule is CCC#CC(=O)N(CC)CCCC1CCNc2c(C(N)=O)c(-c3ccc(Oc4ccccc4)cc3)nn21. The van der Waals surface area contributed by atoms with Crippen molar-refractivity contribution in [2.45, 2.75) is 45.6 Å². The van der Waals surface area contributed by atoms with E-state index in [-0.39, 0.29) is 11.9 Å². The number of ether oxygens (including phenoxy) is 1. The lowest BCUT2D eigenvalue weighted by atomic mass is 10.0. The number of rotatable bonds is 9. The minimum atomic E-state index is -0.522. The highest BCUT2D eigenvalue weighted by Crippen LogP contribution is 2.36. The summed E-state index contributed by atoms with van der Waals surface area (Å²) in [6.07, 6.45) is 3.16. The van der Waals surface area contributed by atoms with Gasteiger partial charge in [0.2, 0.25) is 0 Å². The standard InChI is InChI=1S/C29H33N5O3/c1-3-5-13-25(35)33(4-2)20-9-10-22-18-19-31-29-26(28(30)36)27(32-34(22)29)21-14-16-24(17-15-21)37-23-11-7-6-8-12-23/h6-8,11-12,14-17,22,31H,3-4,9-10,18-20H2,1-2H3,(H2,30,36). The fraction of sp³-hybridized carbons (Fsp3) is 0.345. The molecule has 8 nitrogen and oxygen atoms in total. The molecule has 1 atom stereocenters. The second kappa shape index (κ2) is 12.1. The third-order valence-corrected chi connectivity index (χ3v) is 6.39. The molecule has 192 valence electrons. The number of aromatic nitrogens is 2. The van der Waals surface area contributed by atoms with Crippen LogP contribution in [0.4, 0.5) is 5.82 Å². The van der Waals surface area contributed by atoms with Gasteiger partial charge in [0.25, 0.3) is 11.8 Å². The topological polar surface area (TPSA) is 102 Å². The lowest BCUT2D eigenvalue weighted by Crippen LogP contribution is -2.31. The van der Waals surface area contributed by atoms with Crippen molar-refractivity contribution < 1.29 is 14.3 Å². The Hall–Kier alpha value is -4.25. The summed E-state index contributed by atoms with van der Waals surface area (Å²) in [5.41, 5.74) is 7.54. The van der Waals surface area contributed by atoms with Crippen LogP contribution >= 0.6 is 0 Å². The molecule has 0 radical (unpaired) electrons.